The standard InChI is InChI=1S/C17H24ClNO4/c1-4-17(5-2,11-16(21)22)19-15(20)9-7-12-6-8-14(23-3)13(18)10-12/h6,8,10H,4-5,7,9,11H2,1-3H3,(H,19,20)(H,21,22). The quantitative estimate of drug-likeness (QED) is 0.721. The van der Waals surface area contributed by atoms with Crippen molar-refractivity contribution in [2.24, 2.45) is 0 Å². The number of hydrogen-bond acceptors (Lipinski definition) is 3. The van der Waals surface area contributed by atoms with Gasteiger partial charge in [0.05, 0.1) is 18.6 Å². The van der Waals surface area contributed by atoms with E-state index in [9.17, 15) is 9.59 Å². The Labute approximate surface area is 142 Å². The lowest BCUT2D eigenvalue weighted by molar-refractivity contribution is -0.139. The number of carboxylic acid groups (broad SMARTS) is 1. The number of ether oxygens (including phenoxy) is 1. The van der Waals surface area contributed by atoms with Gasteiger partial charge in [-0.1, -0.05) is 31.5 Å². The summed E-state index contributed by atoms with van der Waals surface area (Å²) in [7, 11) is 1.55. The van der Waals surface area contributed by atoms with Crippen LogP contribution in [0.5, 0.6) is 5.75 Å². The number of aryl methyl sites for hydroxylation is 1. The lowest BCUT2D eigenvalue weighted by atomic mass is 9.88. The van der Waals surface area contributed by atoms with Gasteiger partial charge in [0.2, 0.25) is 5.91 Å². The monoisotopic (exact) mass is 341 g/mol. The highest BCUT2D eigenvalue weighted by atomic mass is 35.5. The van der Waals surface area contributed by atoms with E-state index in [-0.39, 0.29) is 18.7 Å². The summed E-state index contributed by atoms with van der Waals surface area (Å²) in [6.45, 7) is 3.77. The van der Waals surface area contributed by atoms with E-state index in [0.29, 0.717) is 30.0 Å². The average molecular weight is 342 g/mol. The van der Waals surface area contributed by atoms with E-state index in [1.807, 2.05) is 19.9 Å². The molecule has 1 aromatic rings. The van der Waals surface area contributed by atoms with Gasteiger partial charge in [-0.15, -0.1) is 0 Å². The highest BCUT2D eigenvalue weighted by molar-refractivity contribution is 6.32. The highest BCUT2D eigenvalue weighted by Gasteiger charge is 2.30. The summed E-state index contributed by atoms with van der Waals surface area (Å²) in [5.74, 6) is -0.463. The number of amides is 1. The SMILES string of the molecule is CCC(CC)(CC(=O)O)NC(=O)CCc1ccc(OC)c(Cl)c1. The van der Waals surface area contributed by atoms with Crippen molar-refractivity contribution in [1.29, 1.82) is 0 Å². The zero-order chi connectivity index (χ0) is 17.5. The maximum absolute atomic E-state index is 12.2. The predicted octanol–water partition coefficient (Wildman–Crippen LogP) is 3.43. The van der Waals surface area contributed by atoms with Gasteiger partial charge in [-0.25, -0.2) is 0 Å². The number of methoxy groups -OCH3 is 1. The molecule has 2 N–H and O–H groups in total. The maximum Gasteiger partial charge on any atom is 0.305 e. The third-order valence-electron chi connectivity index (χ3n) is 4.10. The smallest absolute Gasteiger partial charge is 0.305 e. The first kappa shape index (κ1) is 19.3. The van der Waals surface area contributed by atoms with Gasteiger partial charge < -0.3 is 15.2 Å². The van der Waals surface area contributed by atoms with E-state index in [1.54, 1.807) is 19.2 Å². The zero-order valence-electron chi connectivity index (χ0n) is 13.8. The van der Waals surface area contributed by atoms with Crippen molar-refractivity contribution < 1.29 is 19.4 Å². The van der Waals surface area contributed by atoms with E-state index >= 15 is 0 Å². The topological polar surface area (TPSA) is 75.6 Å². The normalized spacial score (nSPS) is 11.1. The molecule has 0 fully saturated rings. The number of benzene rings is 1. The van der Waals surface area contributed by atoms with Gasteiger partial charge in [0.15, 0.2) is 0 Å². The summed E-state index contributed by atoms with van der Waals surface area (Å²) in [4.78, 5) is 23.2. The third kappa shape index (κ3) is 5.75. The summed E-state index contributed by atoms with van der Waals surface area (Å²) in [6, 6.07) is 5.41. The molecule has 0 unspecified atom stereocenters. The molecule has 6 heteroatoms. The first-order valence-electron chi connectivity index (χ1n) is 7.71. The number of rotatable bonds is 9. The van der Waals surface area contributed by atoms with Gasteiger partial charge >= 0.3 is 5.97 Å². The molecule has 0 saturated heterocycles. The van der Waals surface area contributed by atoms with Crippen molar-refractivity contribution in [3.63, 3.8) is 0 Å². The molecule has 128 valence electrons. The van der Waals surface area contributed by atoms with Crippen molar-refractivity contribution in [2.75, 3.05) is 7.11 Å². The number of hydrogen-bond donors (Lipinski definition) is 2. The lowest BCUT2D eigenvalue weighted by Crippen LogP contribution is -2.49. The highest BCUT2D eigenvalue weighted by Crippen LogP contribution is 2.25. The van der Waals surface area contributed by atoms with Crippen LogP contribution in [-0.2, 0) is 16.0 Å². The first-order chi connectivity index (χ1) is 10.9. The van der Waals surface area contributed by atoms with E-state index in [1.165, 1.54) is 0 Å². The Morgan fingerprint density at radius 1 is 1.30 bits per heavy atom. The van der Waals surface area contributed by atoms with Gasteiger partial charge in [0, 0.05) is 12.0 Å². The van der Waals surface area contributed by atoms with Crippen LogP contribution in [0.3, 0.4) is 0 Å². The summed E-state index contributed by atoms with van der Waals surface area (Å²) in [6.07, 6.45) is 1.90. The molecular weight excluding hydrogens is 318 g/mol. The number of halogens is 1. The second kappa shape index (κ2) is 8.77. The fourth-order valence-corrected chi connectivity index (χ4v) is 2.77. The van der Waals surface area contributed by atoms with Gasteiger partial charge in [0.25, 0.3) is 0 Å². The van der Waals surface area contributed by atoms with Crippen molar-refractivity contribution in [3.05, 3.63) is 28.8 Å². The van der Waals surface area contributed by atoms with Crippen LogP contribution in [-0.4, -0.2) is 29.6 Å². The zero-order valence-corrected chi connectivity index (χ0v) is 14.6. The second-order valence-corrected chi connectivity index (χ2v) is 5.98. The Morgan fingerprint density at radius 2 is 1.96 bits per heavy atom. The summed E-state index contributed by atoms with van der Waals surface area (Å²) in [5.41, 5.74) is 0.253. The minimum atomic E-state index is -0.907. The summed E-state index contributed by atoms with van der Waals surface area (Å²) >= 11 is 6.06. The van der Waals surface area contributed by atoms with Crippen LogP contribution in [0.1, 0.15) is 45.1 Å². The number of aliphatic carboxylic acids is 1. The van der Waals surface area contributed by atoms with Crippen molar-refractivity contribution >= 4 is 23.5 Å². The largest absolute Gasteiger partial charge is 0.495 e. The first-order valence-corrected chi connectivity index (χ1v) is 8.08. The van der Waals surface area contributed by atoms with Crippen molar-refractivity contribution in [2.45, 2.75) is 51.5 Å². The van der Waals surface area contributed by atoms with Gasteiger partial charge in [-0.3, -0.25) is 9.59 Å². The molecule has 0 saturated carbocycles. The van der Waals surface area contributed by atoms with Crippen LogP contribution in [0.4, 0.5) is 0 Å². The van der Waals surface area contributed by atoms with Crippen LogP contribution >= 0.6 is 11.6 Å². The second-order valence-electron chi connectivity index (χ2n) is 5.58. The number of carbonyl (C=O) groups excluding carboxylic acids is 1. The molecular formula is C17H24ClNO4. The molecule has 0 spiro atoms. The molecule has 0 aromatic heterocycles. The number of carboxylic acids is 1. The Kier molecular flexibility index (Phi) is 7.36. The van der Waals surface area contributed by atoms with Crippen LogP contribution in [0.25, 0.3) is 0 Å². The van der Waals surface area contributed by atoms with Crippen molar-refractivity contribution in [3.8, 4) is 5.75 Å². The Morgan fingerprint density at radius 3 is 2.43 bits per heavy atom. The van der Waals surface area contributed by atoms with Crippen LogP contribution in [0.15, 0.2) is 18.2 Å². The predicted molar refractivity (Wildman–Crippen MR) is 90.0 cm³/mol. The minimum absolute atomic E-state index is 0.0693. The molecule has 1 amide bonds. The average Bonchev–Trinajstić information content (AvgIpc) is 2.52. The maximum atomic E-state index is 12.2. The Hall–Kier alpha value is -1.75. The Balaban J connectivity index is 2.65. The van der Waals surface area contributed by atoms with E-state index in [0.717, 1.165) is 5.56 Å². The number of carbonyl (C=O) groups is 2. The lowest BCUT2D eigenvalue weighted by Gasteiger charge is -2.31. The van der Waals surface area contributed by atoms with Gasteiger partial charge in [-0.2, -0.15) is 0 Å². The number of nitrogens with one attached hydrogen (secondary N) is 1. The van der Waals surface area contributed by atoms with Crippen LogP contribution in [0.2, 0.25) is 5.02 Å². The third-order valence-corrected chi connectivity index (χ3v) is 4.40. The fourth-order valence-electron chi connectivity index (χ4n) is 2.49. The molecule has 5 nitrogen and oxygen atoms in total. The molecule has 0 aliphatic rings. The molecule has 0 heterocycles. The van der Waals surface area contributed by atoms with E-state index in [2.05, 4.69) is 5.32 Å². The van der Waals surface area contributed by atoms with Crippen LogP contribution in [0, 0.1) is 0 Å². The van der Waals surface area contributed by atoms with Gasteiger partial charge in [-0.05, 0) is 37.0 Å². The minimum Gasteiger partial charge on any atom is -0.495 e. The van der Waals surface area contributed by atoms with Crippen LogP contribution < -0.4 is 10.1 Å². The van der Waals surface area contributed by atoms with E-state index in [4.69, 9.17) is 21.4 Å². The molecule has 1 aromatic carbocycles. The summed E-state index contributed by atoms with van der Waals surface area (Å²) < 4.78 is 5.09. The van der Waals surface area contributed by atoms with Gasteiger partial charge in [0.1, 0.15) is 5.75 Å². The molecule has 0 radical (unpaired) electrons. The molecule has 1 rings (SSSR count). The van der Waals surface area contributed by atoms with E-state index < -0.39 is 11.5 Å². The molecule has 0 aliphatic carbocycles. The molecule has 23 heavy (non-hydrogen) atoms. The molecule has 0 aliphatic heterocycles. The summed E-state index contributed by atoms with van der Waals surface area (Å²) in [5, 5.41) is 12.4. The fraction of sp³-hybridized carbons (Fsp3) is 0.529. The Bertz CT molecular complexity index is 556. The molecule has 0 atom stereocenters. The van der Waals surface area contributed by atoms with Crippen molar-refractivity contribution in [1.82, 2.24) is 5.32 Å². The molecule has 0 bridgehead atoms.